The maximum absolute atomic E-state index is 12.1. The van der Waals surface area contributed by atoms with E-state index >= 15 is 0 Å². The molecule has 0 saturated carbocycles. The van der Waals surface area contributed by atoms with Crippen LogP contribution in [0.3, 0.4) is 0 Å². The second kappa shape index (κ2) is 8.86. The summed E-state index contributed by atoms with van der Waals surface area (Å²) in [5.74, 6) is 0.113. The molecule has 0 saturated heterocycles. The minimum absolute atomic E-state index is 0.0154. The van der Waals surface area contributed by atoms with E-state index < -0.39 is 0 Å². The molecule has 1 aromatic heterocycles. The fourth-order valence-electron chi connectivity index (χ4n) is 1.49. The number of carbonyl (C=O) groups excluding carboxylic acids is 1. The fraction of sp³-hybridized carbons (Fsp3) is 0.769. The smallest absolute Gasteiger partial charge is 0.282 e. The van der Waals surface area contributed by atoms with Gasteiger partial charge in [0.15, 0.2) is 0 Å². The Bertz CT molecular complexity index is 409. The molecule has 1 rings (SSSR count). The number of aromatic nitrogens is 2. The lowest BCUT2D eigenvalue weighted by atomic mass is 10.1. The van der Waals surface area contributed by atoms with Gasteiger partial charge in [0.1, 0.15) is 0 Å². The van der Waals surface area contributed by atoms with E-state index in [0.29, 0.717) is 29.3 Å². The number of nitrogens with zero attached hydrogens (tertiary/aromatic N) is 2. The predicted molar refractivity (Wildman–Crippen MR) is 81.3 cm³/mol. The second-order valence-electron chi connectivity index (χ2n) is 4.82. The van der Waals surface area contributed by atoms with Crippen molar-refractivity contribution < 1.29 is 9.53 Å². The predicted octanol–water partition coefficient (Wildman–Crippen LogP) is 2.15. The first kappa shape index (κ1) is 16.8. The highest BCUT2D eigenvalue weighted by atomic mass is 32.1. The van der Waals surface area contributed by atoms with Crippen LogP contribution in [-0.2, 0) is 4.74 Å². The summed E-state index contributed by atoms with van der Waals surface area (Å²) >= 11 is 1.27. The lowest BCUT2D eigenvalue weighted by Gasteiger charge is -2.21. The van der Waals surface area contributed by atoms with E-state index in [4.69, 9.17) is 4.74 Å². The molecule has 0 aliphatic heterocycles. The van der Waals surface area contributed by atoms with Gasteiger partial charge >= 0.3 is 0 Å². The minimum atomic E-state index is -0.189. The summed E-state index contributed by atoms with van der Waals surface area (Å²) in [6.45, 7) is 10.1. The molecule has 1 atom stereocenters. The number of amides is 1. The Morgan fingerprint density at radius 1 is 1.35 bits per heavy atom. The third-order valence-electron chi connectivity index (χ3n) is 2.77. The molecular formula is C13H24N4O2S. The highest BCUT2D eigenvalue weighted by Gasteiger charge is 2.20. The van der Waals surface area contributed by atoms with Gasteiger partial charge in [-0.25, -0.2) is 0 Å². The van der Waals surface area contributed by atoms with Crippen molar-refractivity contribution in [3.8, 4) is 0 Å². The average Bonchev–Trinajstić information content (AvgIpc) is 2.89. The molecule has 0 aliphatic carbocycles. The number of nitrogens with one attached hydrogen (secondary N) is 2. The topological polar surface area (TPSA) is 76.1 Å². The monoisotopic (exact) mass is 300 g/mol. The van der Waals surface area contributed by atoms with Gasteiger partial charge in [-0.15, -0.1) is 10.2 Å². The van der Waals surface area contributed by atoms with Crippen molar-refractivity contribution in [3.05, 3.63) is 5.01 Å². The molecule has 20 heavy (non-hydrogen) atoms. The van der Waals surface area contributed by atoms with Gasteiger partial charge in [-0.1, -0.05) is 32.1 Å². The number of anilines is 1. The van der Waals surface area contributed by atoms with Crippen LogP contribution in [-0.4, -0.2) is 41.9 Å². The van der Waals surface area contributed by atoms with Crippen molar-refractivity contribution in [2.75, 3.05) is 25.1 Å². The van der Waals surface area contributed by atoms with Crippen LogP contribution in [0.2, 0.25) is 0 Å². The van der Waals surface area contributed by atoms with Crippen LogP contribution in [0.15, 0.2) is 0 Å². The van der Waals surface area contributed by atoms with Gasteiger partial charge in [0, 0.05) is 13.2 Å². The highest BCUT2D eigenvalue weighted by molar-refractivity contribution is 7.17. The van der Waals surface area contributed by atoms with Crippen molar-refractivity contribution in [1.82, 2.24) is 15.5 Å². The van der Waals surface area contributed by atoms with Crippen LogP contribution >= 0.6 is 11.3 Å². The van der Waals surface area contributed by atoms with E-state index in [1.807, 2.05) is 6.92 Å². The molecule has 0 aliphatic rings. The Kier molecular flexibility index (Phi) is 7.46. The molecule has 0 spiro atoms. The SMILES string of the molecule is CCCNc1nnc(C(=O)NC(COCC)C(C)C)s1. The zero-order valence-corrected chi connectivity index (χ0v) is 13.4. The number of hydrogen-bond acceptors (Lipinski definition) is 6. The average molecular weight is 300 g/mol. The van der Waals surface area contributed by atoms with Gasteiger partial charge in [0.25, 0.3) is 5.91 Å². The third-order valence-corrected chi connectivity index (χ3v) is 3.65. The first-order chi connectivity index (χ1) is 9.58. The Morgan fingerprint density at radius 2 is 2.10 bits per heavy atom. The second-order valence-corrected chi connectivity index (χ2v) is 5.80. The number of hydrogen-bond donors (Lipinski definition) is 2. The first-order valence-corrected chi connectivity index (χ1v) is 7.86. The van der Waals surface area contributed by atoms with Crippen LogP contribution in [0.1, 0.15) is 43.9 Å². The summed E-state index contributed by atoms with van der Waals surface area (Å²) in [5, 5.41) is 15.0. The molecule has 0 bridgehead atoms. The zero-order chi connectivity index (χ0) is 15.0. The third kappa shape index (κ3) is 5.42. The minimum Gasteiger partial charge on any atom is -0.380 e. The summed E-state index contributed by atoms with van der Waals surface area (Å²) in [7, 11) is 0. The molecule has 6 nitrogen and oxygen atoms in total. The van der Waals surface area contributed by atoms with Crippen LogP contribution < -0.4 is 10.6 Å². The lowest BCUT2D eigenvalue weighted by molar-refractivity contribution is 0.0805. The maximum atomic E-state index is 12.1. The summed E-state index contributed by atoms with van der Waals surface area (Å²) in [4.78, 5) is 12.1. The van der Waals surface area contributed by atoms with Crippen molar-refractivity contribution in [2.45, 2.75) is 40.2 Å². The molecule has 1 amide bonds. The van der Waals surface area contributed by atoms with Crippen LogP contribution in [0.25, 0.3) is 0 Å². The van der Waals surface area contributed by atoms with Crippen molar-refractivity contribution in [1.29, 1.82) is 0 Å². The first-order valence-electron chi connectivity index (χ1n) is 7.04. The largest absolute Gasteiger partial charge is 0.380 e. The van der Waals surface area contributed by atoms with Crippen LogP contribution in [0.5, 0.6) is 0 Å². The molecule has 2 N–H and O–H groups in total. The summed E-state index contributed by atoms with van der Waals surface area (Å²) in [6.07, 6.45) is 1.00. The fourth-order valence-corrected chi connectivity index (χ4v) is 2.17. The van der Waals surface area contributed by atoms with E-state index in [2.05, 4.69) is 41.6 Å². The van der Waals surface area contributed by atoms with E-state index in [-0.39, 0.29) is 11.9 Å². The van der Waals surface area contributed by atoms with Crippen molar-refractivity contribution >= 4 is 22.4 Å². The Hall–Kier alpha value is -1.21. The molecule has 1 unspecified atom stereocenters. The highest BCUT2D eigenvalue weighted by Crippen LogP contribution is 2.15. The summed E-state index contributed by atoms with van der Waals surface area (Å²) in [6, 6.07) is -0.0154. The van der Waals surface area contributed by atoms with Crippen LogP contribution in [0.4, 0.5) is 5.13 Å². The van der Waals surface area contributed by atoms with Crippen molar-refractivity contribution in [2.24, 2.45) is 5.92 Å². The van der Waals surface area contributed by atoms with E-state index in [9.17, 15) is 4.79 Å². The molecule has 7 heteroatoms. The standard InChI is InChI=1S/C13H24N4O2S/c1-5-7-14-13-17-16-12(20-13)11(18)15-10(9(3)4)8-19-6-2/h9-10H,5-8H2,1-4H3,(H,14,17)(H,15,18). The number of carbonyl (C=O) groups is 1. The molecule has 114 valence electrons. The quantitative estimate of drug-likeness (QED) is 0.731. The van der Waals surface area contributed by atoms with E-state index in [0.717, 1.165) is 13.0 Å². The van der Waals surface area contributed by atoms with E-state index in [1.54, 1.807) is 0 Å². The van der Waals surface area contributed by atoms with Gasteiger partial charge in [-0.2, -0.15) is 0 Å². The van der Waals surface area contributed by atoms with Gasteiger partial charge in [0.05, 0.1) is 12.6 Å². The van der Waals surface area contributed by atoms with Gasteiger partial charge < -0.3 is 15.4 Å². The molecule has 0 fully saturated rings. The molecule has 1 aromatic rings. The Balaban J connectivity index is 2.57. The maximum Gasteiger partial charge on any atom is 0.282 e. The van der Waals surface area contributed by atoms with E-state index in [1.165, 1.54) is 11.3 Å². The van der Waals surface area contributed by atoms with Gasteiger partial charge in [-0.05, 0) is 19.3 Å². The van der Waals surface area contributed by atoms with Crippen LogP contribution in [0, 0.1) is 5.92 Å². The molecular weight excluding hydrogens is 276 g/mol. The van der Waals surface area contributed by atoms with Crippen molar-refractivity contribution in [3.63, 3.8) is 0 Å². The molecule has 0 radical (unpaired) electrons. The Morgan fingerprint density at radius 3 is 2.70 bits per heavy atom. The molecule has 1 heterocycles. The number of ether oxygens (including phenoxy) is 1. The summed E-state index contributed by atoms with van der Waals surface area (Å²) in [5.41, 5.74) is 0. The Labute approximate surface area is 124 Å². The van der Waals surface area contributed by atoms with Gasteiger partial charge in [0.2, 0.25) is 10.1 Å². The normalized spacial score (nSPS) is 12.4. The van der Waals surface area contributed by atoms with Gasteiger partial charge in [-0.3, -0.25) is 4.79 Å². The number of rotatable bonds is 9. The lowest BCUT2D eigenvalue weighted by Crippen LogP contribution is -2.41. The zero-order valence-electron chi connectivity index (χ0n) is 12.6. The summed E-state index contributed by atoms with van der Waals surface area (Å²) < 4.78 is 5.39. The molecule has 0 aromatic carbocycles.